The molecule has 3 fully saturated rings. The zero-order valence-electron chi connectivity index (χ0n) is 10.9. The van der Waals surface area contributed by atoms with E-state index >= 15 is 0 Å². The molecule has 1 saturated heterocycles. The van der Waals surface area contributed by atoms with Crippen LogP contribution < -0.4 is 5.73 Å². The molecule has 0 unspecified atom stereocenters. The number of rotatable bonds is 2. The minimum absolute atomic E-state index is 0.00599. The molecule has 3 rings (SSSR count). The van der Waals surface area contributed by atoms with Crippen molar-refractivity contribution in [1.82, 2.24) is 4.90 Å². The maximum Gasteiger partial charge on any atom is 0.229 e. The van der Waals surface area contributed by atoms with Crippen LogP contribution in [0.2, 0.25) is 0 Å². The molecule has 0 aromatic carbocycles. The lowest BCUT2D eigenvalue weighted by Crippen LogP contribution is -2.59. The molecule has 1 aliphatic heterocycles. The van der Waals surface area contributed by atoms with Crippen molar-refractivity contribution in [1.29, 1.82) is 0 Å². The largest absolute Gasteiger partial charge is 0.324 e. The third-order valence-electron chi connectivity index (χ3n) is 5.14. The van der Waals surface area contributed by atoms with Crippen LogP contribution in [-0.2, 0) is 9.59 Å². The molecule has 2 aliphatic carbocycles. The maximum absolute atomic E-state index is 12.2. The van der Waals surface area contributed by atoms with E-state index in [0.717, 1.165) is 32.1 Å². The third kappa shape index (κ3) is 1.96. The summed E-state index contributed by atoms with van der Waals surface area (Å²) < 4.78 is 0. The molecule has 0 bridgehead atoms. The lowest BCUT2D eigenvalue weighted by molar-refractivity contribution is -0.155. The van der Waals surface area contributed by atoms with Crippen LogP contribution in [0.15, 0.2) is 0 Å². The monoisotopic (exact) mass is 250 g/mol. The molecule has 1 spiro atoms. The van der Waals surface area contributed by atoms with Gasteiger partial charge in [-0.3, -0.25) is 14.5 Å². The molecular weight excluding hydrogens is 228 g/mol. The Morgan fingerprint density at radius 3 is 1.94 bits per heavy atom. The molecule has 1 heterocycles. The standard InChI is InChI=1S/C14H22N2O2/c15-14(6-3-7-14)10-16-11(17)8-13(9-12(16)18)4-1-2-5-13/h1-10,15H2. The number of amides is 2. The van der Waals surface area contributed by atoms with Gasteiger partial charge < -0.3 is 5.73 Å². The molecule has 3 aliphatic rings. The molecule has 2 saturated carbocycles. The van der Waals surface area contributed by atoms with Gasteiger partial charge in [-0.25, -0.2) is 0 Å². The zero-order chi connectivity index (χ0) is 12.8. The summed E-state index contributed by atoms with van der Waals surface area (Å²) in [5.41, 5.74) is 5.88. The Morgan fingerprint density at radius 1 is 0.944 bits per heavy atom. The fraction of sp³-hybridized carbons (Fsp3) is 0.857. The number of nitrogens with zero attached hydrogens (tertiary/aromatic N) is 1. The number of likely N-dealkylation sites (tertiary alicyclic amines) is 1. The summed E-state index contributed by atoms with van der Waals surface area (Å²) >= 11 is 0. The van der Waals surface area contributed by atoms with Crippen LogP contribution in [0.4, 0.5) is 0 Å². The smallest absolute Gasteiger partial charge is 0.229 e. The van der Waals surface area contributed by atoms with E-state index in [0.29, 0.717) is 19.4 Å². The Kier molecular flexibility index (Phi) is 2.73. The van der Waals surface area contributed by atoms with E-state index in [1.807, 2.05) is 0 Å². The molecule has 4 heteroatoms. The van der Waals surface area contributed by atoms with Gasteiger partial charge in [-0.05, 0) is 37.5 Å². The summed E-state index contributed by atoms with van der Waals surface area (Å²) in [7, 11) is 0. The number of hydrogen-bond donors (Lipinski definition) is 1. The second-order valence-corrected chi connectivity index (χ2v) is 6.65. The van der Waals surface area contributed by atoms with Gasteiger partial charge in [0.15, 0.2) is 0 Å². The molecule has 2 N–H and O–H groups in total. The van der Waals surface area contributed by atoms with E-state index in [-0.39, 0.29) is 22.8 Å². The predicted molar refractivity (Wildman–Crippen MR) is 67.6 cm³/mol. The van der Waals surface area contributed by atoms with E-state index in [9.17, 15) is 9.59 Å². The van der Waals surface area contributed by atoms with Gasteiger partial charge in [-0.1, -0.05) is 12.8 Å². The average Bonchev–Trinajstić information content (AvgIpc) is 2.69. The summed E-state index contributed by atoms with van der Waals surface area (Å²) in [5.74, 6) is 0.0368. The second-order valence-electron chi connectivity index (χ2n) is 6.65. The Bertz CT molecular complexity index is 361. The van der Waals surface area contributed by atoms with Crippen molar-refractivity contribution in [3.63, 3.8) is 0 Å². The first kappa shape index (κ1) is 12.2. The summed E-state index contributed by atoms with van der Waals surface area (Å²) in [5, 5.41) is 0. The van der Waals surface area contributed by atoms with Gasteiger partial charge in [0.1, 0.15) is 0 Å². The fourth-order valence-corrected chi connectivity index (χ4v) is 3.79. The molecule has 4 nitrogen and oxygen atoms in total. The molecule has 0 aromatic heterocycles. The number of hydrogen-bond acceptors (Lipinski definition) is 3. The first-order valence-corrected chi connectivity index (χ1v) is 7.14. The third-order valence-corrected chi connectivity index (χ3v) is 5.14. The van der Waals surface area contributed by atoms with Crippen LogP contribution in [0, 0.1) is 5.41 Å². The highest BCUT2D eigenvalue weighted by Crippen LogP contribution is 2.47. The normalized spacial score (nSPS) is 29.7. The Balaban J connectivity index is 1.70. The van der Waals surface area contributed by atoms with E-state index in [1.165, 1.54) is 17.7 Å². The van der Waals surface area contributed by atoms with Gasteiger partial charge in [0, 0.05) is 24.9 Å². The summed E-state index contributed by atoms with van der Waals surface area (Å²) in [4.78, 5) is 25.9. The lowest BCUT2D eigenvalue weighted by Gasteiger charge is -2.44. The SMILES string of the molecule is NC1(CN2C(=O)CC3(CCCC3)CC2=O)CCC1. The number of imide groups is 1. The van der Waals surface area contributed by atoms with Gasteiger partial charge in [-0.15, -0.1) is 0 Å². The molecular formula is C14H22N2O2. The minimum Gasteiger partial charge on any atom is -0.324 e. The highest BCUT2D eigenvalue weighted by molar-refractivity contribution is 5.98. The summed E-state index contributed by atoms with van der Waals surface area (Å²) in [6.07, 6.45) is 8.56. The number of piperidine rings is 1. The Hall–Kier alpha value is -0.900. The van der Waals surface area contributed by atoms with Crippen LogP contribution in [0.3, 0.4) is 0 Å². The van der Waals surface area contributed by atoms with Gasteiger partial charge in [-0.2, -0.15) is 0 Å². The van der Waals surface area contributed by atoms with Crippen molar-refractivity contribution >= 4 is 11.8 Å². The molecule has 0 radical (unpaired) electrons. The topological polar surface area (TPSA) is 63.4 Å². The molecule has 0 atom stereocenters. The maximum atomic E-state index is 12.2. The van der Waals surface area contributed by atoms with Gasteiger partial charge in [0.25, 0.3) is 0 Å². The molecule has 2 amide bonds. The molecule has 0 aromatic rings. The van der Waals surface area contributed by atoms with Crippen molar-refractivity contribution in [2.45, 2.75) is 63.3 Å². The zero-order valence-corrected chi connectivity index (χ0v) is 10.9. The van der Waals surface area contributed by atoms with E-state index in [1.54, 1.807) is 0 Å². The van der Waals surface area contributed by atoms with Crippen molar-refractivity contribution in [3.05, 3.63) is 0 Å². The summed E-state index contributed by atoms with van der Waals surface area (Å²) in [6.45, 7) is 0.445. The van der Waals surface area contributed by atoms with Crippen LogP contribution in [0.1, 0.15) is 57.8 Å². The highest BCUT2D eigenvalue weighted by atomic mass is 16.2. The number of carbonyl (C=O) groups is 2. The quantitative estimate of drug-likeness (QED) is 0.757. The van der Waals surface area contributed by atoms with Crippen LogP contribution in [0.5, 0.6) is 0 Å². The van der Waals surface area contributed by atoms with Gasteiger partial charge in [0.2, 0.25) is 11.8 Å². The first-order valence-electron chi connectivity index (χ1n) is 7.14. The van der Waals surface area contributed by atoms with Crippen molar-refractivity contribution in [2.75, 3.05) is 6.54 Å². The van der Waals surface area contributed by atoms with Crippen molar-refractivity contribution in [2.24, 2.45) is 11.1 Å². The van der Waals surface area contributed by atoms with Crippen molar-refractivity contribution in [3.8, 4) is 0 Å². The van der Waals surface area contributed by atoms with Crippen molar-refractivity contribution < 1.29 is 9.59 Å². The van der Waals surface area contributed by atoms with E-state index in [2.05, 4.69) is 0 Å². The second kappa shape index (κ2) is 4.05. The number of nitrogens with two attached hydrogens (primary N) is 1. The fourth-order valence-electron chi connectivity index (χ4n) is 3.79. The highest BCUT2D eigenvalue weighted by Gasteiger charge is 2.47. The molecule has 100 valence electrons. The average molecular weight is 250 g/mol. The van der Waals surface area contributed by atoms with E-state index in [4.69, 9.17) is 5.73 Å². The van der Waals surface area contributed by atoms with Gasteiger partial charge in [0.05, 0.1) is 0 Å². The van der Waals surface area contributed by atoms with Crippen LogP contribution >= 0.6 is 0 Å². The first-order chi connectivity index (χ1) is 8.52. The predicted octanol–water partition coefficient (Wildman–Crippen LogP) is 1.58. The minimum atomic E-state index is -0.286. The number of carbonyl (C=O) groups excluding carboxylic acids is 2. The van der Waals surface area contributed by atoms with Crippen LogP contribution in [-0.4, -0.2) is 28.8 Å². The van der Waals surface area contributed by atoms with E-state index < -0.39 is 0 Å². The summed E-state index contributed by atoms with van der Waals surface area (Å²) in [6, 6.07) is 0. The lowest BCUT2D eigenvalue weighted by atomic mass is 9.74. The van der Waals surface area contributed by atoms with Gasteiger partial charge >= 0.3 is 0 Å². The molecule has 18 heavy (non-hydrogen) atoms. The Labute approximate surface area is 108 Å². The Morgan fingerprint density at radius 2 is 1.50 bits per heavy atom. The van der Waals surface area contributed by atoms with Crippen LogP contribution in [0.25, 0.3) is 0 Å².